The van der Waals surface area contributed by atoms with Gasteiger partial charge in [-0.1, -0.05) is 96.3 Å². The van der Waals surface area contributed by atoms with Crippen molar-refractivity contribution >= 4 is 5.97 Å². The average molecular weight is 532 g/mol. The number of hydrogen-bond acceptors (Lipinski definition) is 6. The van der Waals surface area contributed by atoms with Gasteiger partial charge in [-0.3, -0.25) is 4.79 Å². The van der Waals surface area contributed by atoms with Crippen LogP contribution in [0, 0.1) is 6.92 Å². The zero-order valence-electron chi connectivity index (χ0n) is 23.9. The van der Waals surface area contributed by atoms with Gasteiger partial charge in [-0.05, 0) is 19.8 Å². The zero-order chi connectivity index (χ0) is 26.9. The Labute approximate surface area is 228 Å². The van der Waals surface area contributed by atoms with E-state index in [0.29, 0.717) is 65.9 Å². The third-order valence-electron chi connectivity index (χ3n) is 6.31. The third-order valence-corrected chi connectivity index (χ3v) is 6.31. The maximum absolute atomic E-state index is 10.5. The molecule has 1 N–H and O–H groups in total. The minimum atomic E-state index is -0.663. The molecule has 0 aromatic carbocycles. The summed E-state index contributed by atoms with van der Waals surface area (Å²) in [4.78, 5) is 10.5. The van der Waals surface area contributed by atoms with Crippen molar-refractivity contribution in [2.24, 2.45) is 0 Å². The zero-order valence-corrected chi connectivity index (χ0v) is 23.9. The van der Waals surface area contributed by atoms with E-state index in [0.717, 1.165) is 25.9 Å². The van der Waals surface area contributed by atoms with Gasteiger partial charge in [-0.2, -0.15) is 0 Å². The van der Waals surface area contributed by atoms with Crippen molar-refractivity contribution in [2.45, 2.75) is 116 Å². The van der Waals surface area contributed by atoms with E-state index in [4.69, 9.17) is 28.8 Å². The molecule has 0 unspecified atom stereocenters. The van der Waals surface area contributed by atoms with Crippen LogP contribution in [0.15, 0.2) is 0 Å². The van der Waals surface area contributed by atoms with E-state index in [2.05, 4.69) is 6.92 Å². The molecular formula is C30H59O7. The van der Waals surface area contributed by atoms with Crippen molar-refractivity contribution in [2.75, 3.05) is 66.1 Å². The minimum absolute atomic E-state index is 0.330. The summed E-state index contributed by atoms with van der Waals surface area (Å²) in [5.74, 6) is -0.663. The molecule has 0 saturated heterocycles. The van der Waals surface area contributed by atoms with Crippen LogP contribution in [0.4, 0.5) is 0 Å². The summed E-state index contributed by atoms with van der Waals surface area (Å²) in [5, 5.41) is 8.61. The van der Waals surface area contributed by atoms with Gasteiger partial charge in [0.2, 0.25) is 0 Å². The van der Waals surface area contributed by atoms with Gasteiger partial charge in [0.05, 0.1) is 52.9 Å². The Balaban J connectivity index is 3.02. The highest BCUT2D eigenvalue weighted by atomic mass is 16.6. The first-order valence-electron chi connectivity index (χ1n) is 15.2. The molecule has 0 bridgehead atoms. The van der Waals surface area contributed by atoms with Crippen LogP contribution in [0.1, 0.15) is 116 Å². The van der Waals surface area contributed by atoms with E-state index in [9.17, 15) is 4.79 Å². The van der Waals surface area contributed by atoms with Crippen LogP contribution in [0.3, 0.4) is 0 Å². The molecule has 0 amide bonds. The second-order valence-electron chi connectivity index (χ2n) is 9.72. The van der Waals surface area contributed by atoms with Crippen LogP contribution in [-0.2, 0) is 28.5 Å². The van der Waals surface area contributed by atoms with Crippen molar-refractivity contribution in [3.63, 3.8) is 0 Å². The summed E-state index contributed by atoms with van der Waals surface area (Å²) in [5.41, 5.74) is 0. The predicted molar refractivity (Wildman–Crippen MR) is 150 cm³/mol. The standard InChI is InChI=1S/C30H59O7/c1-2-33-22-23-35-26-27-37-29-28-36-25-24-34-21-19-17-15-13-11-9-7-5-3-4-6-8-10-12-14-16-18-20-30(31)32/h1-29H2,(H,31,32). The molecule has 0 aromatic rings. The van der Waals surface area contributed by atoms with Crippen molar-refractivity contribution in [1.29, 1.82) is 0 Å². The van der Waals surface area contributed by atoms with E-state index in [1.54, 1.807) is 0 Å². The van der Waals surface area contributed by atoms with Gasteiger partial charge in [0, 0.05) is 19.6 Å². The quantitative estimate of drug-likeness (QED) is 0.0912. The third kappa shape index (κ3) is 35.3. The Morgan fingerprint density at radius 1 is 0.405 bits per heavy atom. The number of carboxylic acid groups (broad SMARTS) is 1. The molecule has 7 nitrogen and oxygen atoms in total. The smallest absolute Gasteiger partial charge is 0.303 e. The highest BCUT2D eigenvalue weighted by Crippen LogP contribution is 2.14. The molecule has 0 aliphatic carbocycles. The van der Waals surface area contributed by atoms with Gasteiger partial charge in [0.1, 0.15) is 0 Å². The lowest BCUT2D eigenvalue weighted by molar-refractivity contribution is -0.137. The normalized spacial score (nSPS) is 11.4. The van der Waals surface area contributed by atoms with Crippen molar-refractivity contribution in [3.05, 3.63) is 6.92 Å². The molecule has 0 saturated carbocycles. The van der Waals surface area contributed by atoms with Crippen LogP contribution in [0.25, 0.3) is 0 Å². The van der Waals surface area contributed by atoms with Gasteiger partial charge in [-0.15, -0.1) is 0 Å². The fourth-order valence-electron chi connectivity index (χ4n) is 4.11. The molecule has 0 aliphatic rings. The van der Waals surface area contributed by atoms with E-state index < -0.39 is 5.97 Å². The van der Waals surface area contributed by atoms with Crippen molar-refractivity contribution in [3.8, 4) is 0 Å². The van der Waals surface area contributed by atoms with Gasteiger partial charge < -0.3 is 28.8 Å². The Morgan fingerprint density at radius 3 is 1.00 bits per heavy atom. The molecule has 0 heterocycles. The molecular weight excluding hydrogens is 472 g/mol. The van der Waals surface area contributed by atoms with Crippen LogP contribution in [0.2, 0.25) is 0 Å². The molecule has 37 heavy (non-hydrogen) atoms. The first-order valence-corrected chi connectivity index (χ1v) is 15.2. The molecule has 7 heteroatoms. The fourth-order valence-corrected chi connectivity index (χ4v) is 4.11. The predicted octanol–water partition coefficient (Wildman–Crippen LogP) is 7.01. The first-order chi connectivity index (χ1) is 18.3. The van der Waals surface area contributed by atoms with Gasteiger partial charge in [0.15, 0.2) is 0 Å². The summed E-state index contributed by atoms with van der Waals surface area (Å²) < 4.78 is 27.0. The van der Waals surface area contributed by atoms with Gasteiger partial charge in [-0.25, -0.2) is 0 Å². The number of ether oxygens (including phenoxy) is 5. The molecule has 1 radical (unpaired) electrons. The lowest BCUT2D eigenvalue weighted by atomic mass is 10.0. The van der Waals surface area contributed by atoms with Gasteiger partial charge in [0.25, 0.3) is 0 Å². The Hall–Kier alpha value is -0.730. The largest absolute Gasteiger partial charge is 0.481 e. The van der Waals surface area contributed by atoms with E-state index in [1.165, 1.54) is 89.9 Å². The number of carboxylic acids is 1. The summed E-state index contributed by atoms with van der Waals surface area (Å²) in [6.07, 6.45) is 22.1. The Bertz CT molecular complexity index is 434. The molecule has 0 rings (SSSR count). The second-order valence-corrected chi connectivity index (χ2v) is 9.72. The highest BCUT2D eigenvalue weighted by Gasteiger charge is 1.98. The van der Waals surface area contributed by atoms with Gasteiger partial charge >= 0.3 is 5.97 Å². The SMILES string of the molecule is [CH2]COCCOCCOCCOCCOCCCCCCCCCCCCCCCCCCCC(=O)O. The second kappa shape index (κ2) is 33.3. The van der Waals surface area contributed by atoms with Crippen LogP contribution >= 0.6 is 0 Å². The number of carbonyl (C=O) groups is 1. The molecule has 0 atom stereocenters. The Kier molecular flexibility index (Phi) is 32.6. The summed E-state index contributed by atoms with van der Waals surface area (Å²) in [7, 11) is 0. The highest BCUT2D eigenvalue weighted by molar-refractivity contribution is 5.66. The maximum Gasteiger partial charge on any atom is 0.303 e. The number of unbranched alkanes of at least 4 members (excludes halogenated alkanes) is 16. The van der Waals surface area contributed by atoms with Crippen molar-refractivity contribution in [1.82, 2.24) is 0 Å². The van der Waals surface area contributed by atoms with Crippen LogP contribution < -0.4 is 0 Å². The lowest BCUT2D eigenvalue weighted by Crippen LogP contribution is -2.13. The number of rotatable bonds is 33. The van der Waals surface area contributed by atoms with E-state index in [-0.39, 0.29) is 0 Å². The Morgan fingerprint density at radius 2 is 0.676 bits per heavy atom. The topological polar surface area (TPSA) is 83.5 Å². The fraction of sp³-hybridized carbons (Fsp3) is 0.933. The first kappa shape index (κ1) is 36.3. The number of aliphatic carboxylic acids is 1. The van der Waals surface area contributed by atoms with E-state index in [1.807, 2.05) is 0 Å². The number of hydrogen-bond donors (Lipinski definition) is 1. The molecule has 221 valence electrons. The van der Waals surface area contributed by atoms with Crippen molar-refractivity contribution < 1.29 is 33.6 Å². The van der Waals surface area contributed by atoms with Crippen LogP contribution in [0.5, 0.6) is 0 Å². The molecule has 0 aromatic heterocycles. The maximum atomic E-state index is 10.5. The minimum Gasteiger partial charge on any atom is -0.481 e. The summed E-state index contributed by atoms with van der Waals surface area (Å²) in [6.45, 7) is 9.67. The summed E-state index contributed by atoms with van der Waals surface area (Å²) in [6, 6.07) is 0. The molecule has 0 fully saturated rings. The average Bonchev–Trinajstić information content (AvgIpc) is 2.89. The summed E-state index contributed by atoms with van der Waals surface area (Å²) >= 11 is 0. The lowest BCUT2D eigenvalue weighted by Gasteiger charge is -2.07. The monoisotopic (exact) mass is 531 g/mol. The molecule has 0 aliphatic heterocycles. The molecule has 0 spiro atoms. The van der Waals surface area contributed by atoms with Crippen LogP contribution in [-0.4, -0.2) is 77.1 Å². The van der Waals surface area contributed by atoms with E-state index >= 15 is 0 Å².